The van der Waals surface area contributed by atoms with Crippen molar-refractivity contribution >= 4 is 21.9 Å². The van der Waals surface area contributed by atoms with Crippen LogP contribution in [0.3, 0.4) is 0 Å². The molecule has 3 nitrogen and oxygen atoms in total. The van der Waals surface area contributed by atoms with Crippen molar-refractivity contribution in [3.63, 3.8) is 0 Å². The third-order valence-corrected chi connectivity index (χ3v) is 6.51. The molecule has 3 heteroatoms. The molecule has 0 N–H and O–H groups in total. The monoisotopic (exact) mass is 406 g/mol. The summed E-state index contributed by atoms with van der Waals surface area (Å²) in [6.07, 6.45) is 3.05. The van der Waals surface area contributed by atoms with Crippen molar-refractivity contribution in [3.05, 3.63) is 89.6 Å². The van der Waals surface area contributed by atoms with Crippen LogP contribution in [0.25, 0.3) is 44.3 Å². The van der Waals surface area contributed by atoms with Crippen molar-refractivity contribution < 1.29 is 13.7 Å². The second-order valence-corrected chi connectivity index (χ2v) is 8.36. The van der Waals surface area contributed by atoms with Crippen LogP contribution in [0, 0.1) is 6.92 Å². The normalized spacial score (nSPS) is 13.6. The van der Waals surface area contributed by atoms with Crippen LogP contribution in [0.5, 0.6) is 0 Å². The third kappa shape index (κ3) is 2.81. The number of para-hydroxylation sites is 1. The van der Waals surface area contributed by atoms with Crippen molar-refractivity contribution in [2.75, 3.05) is 6.61 Å². The lowest BCUT2D eigenvalue weighted by atomic mass is 9.92. The number of hydrogen-bond donors (Lipinski definition) is 0. The highest BCUT2D eigenvalue weighted by molar-refractivity contribution is 6.13. The lowest BCUT2D eigenvalue weighted by molar-refractivity contribution is -0.660. The highest BCUT2D eigenvalue weighted by atomic mass is 16.5. The molecule has 0 fully saturated rings. The lowest BCUT2D eigenvalue weighted by Crippen LogP contribution is -2.30. The Kier molecular flexibility index (Phi) is 4.18. The quantitative estimate of drug-likeness (QED) is 0.330. The van der Waals surface area contributed by atoms with Gasteiger partial charge in [-0.25, -0.2) is 4.57 Å². The zero-order valence-corrected chi connectivity index (χ0v) is 17.8. The maximum Gasteiger partial charge on any atom is 0.216 e. The summed E-state index contributed by atoms with van der Waals surface area (Å²) >= 11 is 0. The average Bonchev–Trinajstić information content (AvgIpc) is 3.18. The molecular formula is C28H24NO2+. The van der Waals surface area contributed by atoms with Crippen LogP contribution in [0.2, 0.25) is 0 Å². The van der Waals surface area contributed by atoms with Gasteiger partial charge in [0, 0.05) is 28.5 Å². The maximum absolute atomic E-state index is 6.70. The predicted molar refractivity (Wildman–Crippen MR) is 124 cm³/mol. The average molecular weight is 407 g/mol. The Morgan fingerprint density at radius 1 is 0.806 bits per heavy atom. The van der Waals surface area contributed by atoms with E-state index >= 15 is 0 Å². The number of nitrogens with zero attached hydrogens (tertiary/aromatic N) is 1. The molecule has 0 radical (unpaired) electrons. The summed E-state index contributed by atoms with van der Waals surface area (Å²) in [5, 5.41) is 2.31. The Morgan fingerprint density at radius 2 is 1.65 bits per heavy atom. The van der Waals surface area contributed by atoms with Gasteiger partial charge in [-0.2, -0.15) is 0 Å². The van der Waals surface area contributed by atoms with E-state index in [0.717, 1.165) is 51.8 Å². The molecule has 0 spiro atoms. The fourth-order valence-electron chi connectivity index (χ4n) is 4.92. The predicted octanol–water partition coefficient (Wildman–Crippen LogP) is 6.13. The van der Waals surface area contributed by atoms with Crippen molar-refractivity contribution in [1.29, 1.82) is 0 Å². The Hall–Kier alpha value is -3.43. The van der Waals surface area contributed by atoms with E-state index in [2.05, 4.69) is 91.5 Å². The molecule has 0 unspecified atom stereocenters. The summed E-state index contributed by atoms with van der Waals surface area (Å²) in [5.74, 6) is 0. The fourth-order valence-corrected chi connectivity index (χ4v) is 4.92. The van der Waals surface area contributed by atoms with Gasteiger partial charge in [0.15, 0.2) is 6.20 Å². The van der Waals surface area contributed by atoms with Gasteiger partial charge in [-0.15, -0.1) is 0 Å². The fraction of sp³-hybridized carbons (Fsp3) is 0.179. The van der Waals surface area contributed by atoms with Crippen molar-refractivity contribution in [1.82, 2.24) is 0 Å². The molecule has 1 aliphatic rings. The zero-order chi connectivity index (χ0) is 20.9. The molecule has 0 saturated heterocycles. The molecule has 31 heavy (non-hydrogen) atoms. The number of ether oxygens (including phenoxy) is 1. The largest absolute Gasteiger partial charge is 0.454 e. The summed E-state index contributed by atoms with van der Waals surface area (Å²) < 4.78 is 14.7. The standard InChI is InChI=1S/C28H24NO2/c1-18-12-13-23-22-10-6-9-21(20-8-5-7-19-14-16-30-17-24(19)20)27(22)31-28(23)26(18)25-11-3-4-15-29(25)2/h3-13,15H,14,16-17H2,1-2H3/q+1. The number of benzene rings is 3. The maximum atomic E-state index is 6.70. The molecule has 0 amide bonds. The van der Waals surface area contributed by atoms with Crippen molar-refractivity contribution in [3.8, 4) is 22.4 Å². The van der Waals surface area contributed by atoms with E-state index in [0.29, 0.717) is 6.61 Å². The smallest absolute Gasteiger partial charge is 0.216 e. The van der Waals surface area contributed by atoms with Gasteiger partial charge in [-0.1, -0.05) is 48.5 Å². The minimum absolute atomic E-state index is 0.659. The summed E-state index contributed by atoms with van der Waals surface area (Å²) in [5.41, 5.74) is 10.4. The van der Waals surface area contributed by atoms with E-state index < -0.39 is 0 Å². The topological polar surface area (TPSA) is 26.2 Å². The van der Waals surface area contributed by atoms with Crippen LogP contribution >= 0.6 is 0 Å². The van der Waals surface area contributed by atoms with Crippen molar-refractivity contribution in [2.45, 2.75) is 20.0 Å². The highest BCUT2D eigenvalue weighted by Gasteiger charge is 2.22. The molecule has 3 aromatic carbocycles. The number of rotatable bonds is 2. The van der Waals surface area contributed by atoms with Gasteiger partial charge in [-0.05, 0) is 41.7 Å². The number of hydrogen-bond acceptors (Lipinski definition) is 2. The van der Waals surface area contributed by atoms with E-state index in [4.69, 9.17) is 9.15 Å². The van der Waals surface area contributed by atoms with E-state index in [1.165, 1.54) is 22.3 Å². The Labute approximate surface area is 181 Å². The molecular weight excluding hydrogens is 382 g/mol. The second-order valence-electron chi connectivity index (χ2n) is 8.36. The SMILES string of the molecule is Cc1ccc2c(oc3c(-c4cccc5c4COCC5)cccc32)c1-c1cccc[n+]1C. The van der Waals surface area contributed by atoms with Crippen LogP contribution < -0.4 is 4.57 Å². The summed E-state index contributed by atoms with van der Waals surface area (Å²) in [6.45, 7) is 3.61. The Bertz CT molecular complexity index is 1460. The number of furan rings is 1. The van der Waals surface area contributed by atoms with Gasteiger partial charge in [0.1, 0.15) is 18.2 Å². The van der Waals surface area contributed by atoms with Gasteiger partial charge in [0.2, 0.25) is 5.69 Å². The van der Waals surface area contributed by atoms with Crippen LogP contribution in [0.1, 0.15) is 16.7 Å². The van der Waals surface area contributed by atoms with Gasteiger partial charge in [-0.3, -0.25) is 0 Å². The van der Waals surface area contributed by atoms with Gasteiger partial charge < -0.3 is 9.15 Å². The molecule has 0 saturated carbocycles. The molecule has 3 heterocycles. The molecule has 1 aliphatic heterocycles. The summed E-state index contributed by atoms with van der Waals surface area (Å²) in [6, 6.07) is 23.7. The van der Waals surface area contributed by atoms with Gasteiger partial charge >= 0.3 is 0 Å². The molecule has 5 aromatic rings. The van der Waals surface area contributed by atoms with Crippen LogP contribution in [-0.2, 0) is 24.8 Å². The van der Waals surface area contributed by atoms with Gasteiger partial charge in [0.25, 0.3) is 0 Å². The number of aromatic nitrogens is 1. The first kappa shape index (κ1) is 18.3. The first-order valence-corrected chi connectivity index (χ1v) is 10.8. The van der Waals surface area contributed by atoms with Crippen molar-refractivity contribution in [2.24, 2.45) is 7.05 Å². The minimum Gasteiger partial charge on any atom is -0.454 e. The number of fused-ring (bicyclic) bond motifs is 4. The lowest BCUT2D eigenvalue weighted by Gasteiger charge is -2.20. The second kappa shape index (κ2) is 7.07. The Balaban J connectivity index is 1.68. The number of aryl methyl sites for hydroxylation is 2. The first-order valence-electron chi connectivity index (χ1n) is 10.8. The summed E-state index contributed by atoms with van der Waals surface area (Å²) in [4.78, 5) is 0. The van der Waals surface area contributed by atoms with Crippen LogP contribution in [0.15, 0.2) is 77.3 Å². The molecule has 2 aromatic heterocycles. The Morgan fingerprint density at radius 3 is 2.55 bits per heavy atom. The minimum atomic E-state index is 0.659. The van der Waals surface area contributed by atoms with E-state index in [1.807, 2.05) is 0 Å². The molecule has 0 aliphatic carbocycles. The number of pyridine rings is 1. The first-order chi connectivity index (χ1) is 15.2. The molecule has 6 rings (SSSR count). The van der Waals surface area contributed by atoms with E-state index in [-0.39, 0.29) is 0 Å². The highest BCUT2D eigenvalue weighted by Crippen LogP contribution is 2.41. The zero-order valence-electron chi connectivity index (χ0n) is 17.8. The third-order valence-electron chi connectivity index (χ3n) is 6.51. The molecule has 0 atom stereocenters. The summed E-state index contributed by atoms with van der Waals surface area (Å²) in [7, 11) is 2.08. The van der Waals surface area contributed by atoms with Gasteiger partial charge in [0.05, 0.1) is 18.8 Å². The van der Waals surface area contributed by atoms with Crippen LogP contribution in [0.4, 0.5) is 0 Å². The molecule has 0 bridgehead atoms. The molecule has 152 valence electrons. The van der Waals surface area contributed by atoms with E-state index in [9.17, 15) is 0 Å². The van der Waals surface area contributed by atoms with Crippen LogP contribution in [-0.4, -0.2) is 6.61 Å². The van der Waals surface area contributed by atoms with E-state index in [1.54, 1.807) is 0 Å².